The van der Waals surface area contributed by atoms with Crippen molar-refractivity contribution in [1.29, 1.82) is 0 Å². The van der Waals surface area contributed by atoms with Gasteiger partial charge in [-0.05, 0) is 25.2 Å². The van der Waals surface area contributed by atoms with Crippen LogP contribution in [0.1, 0.15) is 227 Å². The van der Waals surface area contributed by atoms with Gasteiger partial charge in [0.25, 0.3) is 0 Å². The summed E-state index contributed by atoms with van der Waals surface area (Å²) in [6.07, 6.45) is 33.7. The maximum Gasteiger partial charge on any atom is 0.306 e. The quantitative estimate of drug-likeness (QED) is 0.0369. The Hall–Kier alpha value is -1.59. The highest BCUT2D eigenvalue weighted by atomic mass is 16.6. The van der Waals surface area contributed by atoms with E-state index in [1.54, 1.807) is 0 Å². The second-order valence-corrected chi connectivity index (χ2v) is 14.5. The molecule has 1 unspecified atom stereocenters. The lowest BCUT2D eigenvalue weighted by Gasteiger charge is -2.18. The maximum atomic E-state index is 12.6. The molecule has 0 bridgehead atoms. The molecule has 0 amide bonds. The van der Waals surface area contributed by atoms with Crippen LogP contribution in [-0.4, -0.2) is 37.2 Å². The molecular formula is C42H80O6. The van der Waals surface area contributed by atoms with E-state index in [9.17, 15) is 14.4 Å². The number of carbonyl (C=O) groups is 3. The zero-order valence-corrected chi connectivity index (χ0v) is 32.4. The number of hydrogen-bond acceptors (Lipinski definition) is 6. The van der Waals surface area contributed by atoms with Crippen molar-refractivity contribution in [2.75, 3.05) is 13.2 Å². The molecule has 0 rings (SSSR count). The van der Waals surface area contributed by atoms with Gasteiger partial charge >= 0.3 is 17.9 Å². The third-order valence-corrected chi connectivity index (χ3v) is 9.65. The summed E-state index contributed by atoms with van der Waals surface area (Å²) in [7, 11) is 0. The smallest absolute Gasteiger partial charge is 0.306 e. The van der Waals surface area contributed by atoms with Crippen LogP contribution in [0, 0.1) is 5.92 Å². The lowest BCUT2D eigenvalue weighted by atomic mass is 9.99. The van der Waals surface area contributed by atoms with Crippen molar-refractivity contribution in [3.05, 3.63) is 0 Å². The van der Waals surface area contributed by atoms with E-state index in [0.717, 1.165) is 63.7 Å². The molecule has 0 aromatic heterocycles. The Morgan fingerprint density at radius 1 is 0.417 bits per heavy atom. The van der Waals surface area contributed by atoms with Crippen LogP contribution in [0.3, 0.4) is 0 Å². The van der Waals surface area contributed by atoms with Gasteiger partial charge in [0.2, 0.25) is 0 Å². The molecule has 6 nitrogen and oxygen atoms in total. The maximum absolute atomic E-state index is 12.6. The number of esters is 3. The fraction of sp³-hybridized carbons (Fsp3) is 0.929. The van der Waals surface area contributed by atoms with E-state index in [1.165, 1.54) is 122 Å². The molecule has 0 heterocycles. The van der Waals surface area contributed by atoms with E-state index < -0.39 is 6.10 Å². The Morgan fingerprint density at radius 2 is 0.729 bits per heavy atom. The van der Waals surface area contributed by atoms with Gasteiger partial charge in [0.1, 0.15) is 13.2 Å². The molecule has 48 heavy (non-hydrogen) atoms. The number of hydrogen-bond donors (Lipinski definition) is 0. The summed E-state index contributed by atoms with van der Waals surface area (Å²) in [4.78, 5) is 37.4. The highest BCUT2D eigenvalue weighted by molar-refractivity contribution is 5.71. The Bertz CT molecular complexity index is 723. The second kappa shape index (κ2) is 36.7. The van der Waals surface area contributed by atoms with E-state index >= 15 is 0 Å². The first-order valence-electron chi connectivity index (χ1n) is 20.9. The minimum Gasteiger partial charge on any atom is -0.462 e. The first-order chi connectivity index (χ1) is 23.4. The van der Waals surface area contributed by atoms with E-state index in [4.69, 9.17) is 14.2 Å². The average Bonchev–Trinajstić information content (AvgIpc) is 3.08. The molecule has 0 aliphatic rings. The molecule has 0 aromatic rings. The van der Waals surface area contributed by atoms with Gasteiger partial charge in [0.05, 0.1) is 0 Å². The van der Waals surface area contributed by atoms with Crippen molar-refractivity contribution in [2.45, 2.75) is 233 Å². The Kier molecular flexibility index (Phi) is 35.5. The number of unbranched alkanes of at least 4 members (excludes halogenated alkanes) is 23. The molecule has 0 aromatic carbocycles. The molecule has 0 spiro atoms. The van der Waals surface area contributed by atoms with E-state index in [0.29, 0.717) is 19.3 Å². The van der Waals surface area contributed by atoms with E-state index in [1.807, 2.05) is 0 Å². The summed E-state index contributed by atoms with van der Waals surface area (Å²) < 4.78 is 16.6. The Morgan fingerprint density at radius 3 is 1.08 bits per heavy atom. The number of carbonyl (C=O) groups excluding carboxylic acids is 3. The van der Waals surface area contributed by atoms with Crippen molar-refractivity contribution in [1.82, 2.24) is 0 Å². The van der Waals surface area contributed by atoms with E-state index in [2.05, 4.69) is 27.7 Å². The molecule has 0 saturated heterocycles. The lowest BCUT2D eigenvalue weighted by molar-refractivity contribution is -0.167. The van der Waals surface area contributed by atoms with Crippen molar-refractivity contribution in [3.8, 4) is 0 Å². The zero-order chi connectivity index (χ0) is 35.3. The van der Waals surface area contributed by atoms with Crippen LogP contribution >= 0.6 is 0 Å². The molecule has 0 N–H and O–H groups in total. The molecule has 6 heteroatoms. The summed E-state index contributed by atoms with van der Waals surface area (Å²) in [5.41, 5.74) is 0. The van der Waals surface area contributed by atoms with Gasteiger partial charge < -0.3 is 14.2 Å². The fourth-order valence-electron chi connectivity index (χ4n) is 6.06. The summed E-state index contributed by atoms with van der Waals surface area (Å²) in [6, 6.07) is 0. The molecule has 0 fully saturated rings. The molecular weight excluding hydrogens is 600 g/mol. The molecule has 0 saturated carbocycles. The summed E-state index contributed by atoms with van der Waals surface area (Å²) >= 11 is 0. The zero-order valence-electron chi connectivity index (χ0n) is 32.4. The molecule has 2 atom stereocenters. The van der Waals surface area contributed by atoms with Crippen LogP contribution in [0.15, 0.2) is 0 Å². The van der Waals surface area contributed by atoms with Crippen LogP contribution in [0.25, 0.3) is 0 Å². The van der Waals surface area contributed by atoms with Gasteiger partial charge in [-0.2, -0.15) is 0 Å². The van der Waals surface area contributed by atoms with Crippen molar-refractivity contribution < 1.29 is 28.6 Å². The minimum atomic E-state index is -0.757. The van der Waals surface area contributed by atoms with Gasteiger partial charge in [-0.1, -0.05) is 188 Å². The van der Waals surface area contributed by atoms with Crippen LogP contribution in [-0.2, 0) is 28.6 Å². The third kappa shape index (κ3) is 34.3. The molecule has 284 valence electrons. The average molecular weight is 681 g/mol. The molecule has 0 radical (unpaired) electrons. The van der Waals surface area contributed by atoms with Gasteiger partial charge in [0, 0.05) is 19.3 Å². The summed E-state index contributed by atoms with van der Waals surface area (Å²) in [5.74, 6) is -0.0230. The fourth-order valence-corrected chi connectivity index (χ4v) is 6.06. The first kappa shape index (κ1) is 46.4. The predicted octanol–water partition coefficient (Wildman–Crippen LogP) is 12.8. The van der Waals surface area contributed by atoms with Crippen LogP contribution in [0.5, 0.6) is 0 Å². The SMILES string of the molecule is CCCCCCCCCCCCCC(=O)OC[C@@H](COC(=O)CCCCCCCCC)OC(=O)CCCCCCCCCCC(C)CC. The Balaban J connectivity index is 4.32. The monoisotopic (exact) mass is 681 g/mol. The number of rotatable bonds is 37. The van der Waals surface area contributed by atoms with E-state index in [-0.39, 0.29) is 31.1 Å². The molecule has 0 aliphatic heterocycles. The largest absolute Gasteiger partial charge is 0.462 e. The highest BCUT2D eigenvalue weighted by Gasteiger charge is 2.19. The lowest BCUT2D eigenvalue weighted by Crippen LogP contribution is -2.30. The first-order valence-corrected chi connectivity index (χ1v) is 20.9. The van der Waals surface area contributed by atoms with Gasteiger partial charge in [-0.25, -0.2) is 0 Å². The van der Waals surface area contributed by atoms with Gasteiger partial charge in [-0.3, -0.25) is 14.4 Å². The minimum absolute atomic E-state index is 0.0651. The topological polar surface area (TPSA) is 78.9 Å². The van der Waals surface area contributed by atoms with Gasteiger partial charge in [0.15, 0.2) is 6.10 Å². The van der Waals surface area contributed by atoms with Gasteiger partial charge in [-0.15, -0.1) is 0 Å². The van der Waals surface area contributed by atoms with Crippen LogP contribution < -0.4 is 0 Å². The normalized spacial score (nSPS) is 12.5. The van der Waals surface area contributed by atoms with Crippen LogP contribution in [0.2, 0.25) is 0 Å². The van der Waals surface area contributed by atoms with Crippen LogP contribution in [0.4, 0.5) is 0 Å². The van der Waals surface area contributed by atoms with Crippen molar-refractivity contribution in [3.63, 3.8) is 0 Å². The second-order valence-electron chi connectivity index (χ2n) is 14.5. The Labute approximate surface area is 298 Å². The van der Waals surface area contributed by atoms with Crippen molar-refractivity contribution in [2.24, 2.45) is 5.92 Å². The standard InChI is InChI=1S/C42H80O6/c1-5-8-10-12-14-15-16-17-22-26-30-34-41(44)47-37-39(36-46-40(43)33-29-25-20-13-11-9-6-2)48-42(45)35-31-27-23-19-18-21-24-28-32-38(4)7-3/h38-39H,5-37H2,1-4H3/t38?,39-/m1/s1. The van der Waals surface area contributed by atoms with Crippen molar-refractivity contribution >= 4 is 17.9 Å². The summed E-state index contributed by atoms with van der Waals surface area (Å²) in [6.45, 7) is 8.93. The number of ether oxygens (including phenoxy) is 3. The molecule has 0 aliphatic carbocycles. The third-order valence-electron chi connectivity index (χ3n) is 9.65. The predicted molar refractivity (Wildman–Crippen MR) is 201 cm³/mol. The summed E-state index contributed by atoms with van der Waals surface area (Å²) in [5, 5.41) is 0. The highest BCUT2D eigenvalue weighted by Crippen LogP contribution is 2.16.